The van der Waals surface area contributed by atoms with Crippen LogP contribution in [0.3, 0.4) is 0 Å². The minimum absolute atomic E-state index is 0.148. The Morgan fingerprint density at radius 3 is 2.66 bits per heavy atom. The number of rotatable bonds is 6. The normalized spacial score (nSPS) is 15.9. The highest BCUT2D eigenvalue weighted by atomic mass is 32.2. The van der Waals surface area contributed by atoms with Crippen LogP contribution in [0, 0.1) is 6.92 Å². The summed E-state index contributed by atoms with van der Waals surface area (Å²) in [6.07, 6.45) is 0.402. The van der Waals surface area contributed by atoms with E-state index < -0.39 is 5.97 Å². The van der Waals surface area contributed by atoms with Gasteiger partial charge in [0.25, 0.3) is 5.91 Å². The Morgan fingerprint density at radius 1 is 1.17 bits per heavy atom. The topological polar surface area (TPSA) is 75.7 Å². The van der Waals surface area contributed by atoms with Gasteiger partial charge in [-0.1, -0.05) is 29.8 Å². The molecular weight excluding hydrogens is 388 g/mol. The maximum Gasteiger partial charge on any atom is 0.307 e. The molecule has 2 aromatic carbocycles. The van der Waals surface area contributed by atoms with Crippen molar-refractivity contribution in [1.82, 2.24) is 0 Å². The Bertz CT molecular complexity index is 898. The number of hydrogen-bond acceptors (Lipinski definition) is 5. The average molecular weight is 413 g/mol. The number of esters is 1. The third-order valence-corrected chi connectivity index (χ3v) is 5.59. The van der Waals surface area contributed by atoms with Crippen LogP contribution in [-0.2, 0) is 19.1 Å². The fourth-order valence-electron chi connectivity index (χ4n) is 3.14. The summed E-state index contributed by atoms with van der Waals surface area (Å²) < 4.78 is 5.20. The first-order valence-corrected chi connectivity index (χ1v) is 10.5. The van der Waals surface area contributed by atoms with Crippen LogP contribution in [0.4, 0.5) is 11.4 Å². The molecular formula is C22H24N2O4S. The molecule has 1 heterocycles. The number of fused-ring (bicyclic) bond motifs is 1. The van der Waals surface area contributed by atoms with E-state index in [1.54, 1.807) is 43.0 Å². The van der Waals surface area contributed by atoms with Gasteiger partial charge in [-0.25, -0.2) is 0 Å². The molecule has 0 aliphatic carbocycles. The van der Waals surface area contributed by atoms with E-state index in [9.17, 15) is 14.4 Å². The first kappa shape index (κ1) is 20.9. The molecule has 6 nitrogen and oxygen atoms in total. The van der Waals surface area contributed by atoms with Crippen molar-refractivity contribution in [2.45, 2.75) is 37.6 Å². The molecule has 0 saturated carbocycles. The molecule has 0 unspecified atom stereocenters. The van der Waals surface area contributed by atoms with Crippen molar-refractivity contribution in [3.63, 3.8) is 0 Å². The second-order valence-electron chi connectivity index (χ2n) is 6.95. The van der Waals surface area contributed by atoms with Gasteiger partial charge in [-0.2, -0.15) is 0 Å². The van der Waals surface area contributed by atoms with Crippen molar-refractivity contribution >= 4 is 40.9 Å². The van der Waals surface area contributed by atoms with E-state index in [1.807, 2.05) is 31.2 Å². The Morgan fingerprint density at radius 2 is 1.90 bits per heavy atom. The minimum Gasteiger partial charge on any atom is -0.456 e. The number of anilines is 2. The van der Waals surface area contributed by atoms with Gasteiger partial charge in [0.05, 0.1) is 17.8 Å². The van der Waals surface area contributed by atoms with E-state index >= 15 is 0 Å². The first-order chi connectivity index (χ1) is 13.9. The monoisotopic (exact) mass is 412 g/mol. The van der Waals surface area contributed by atoms with Gasteiger partial charge < -0.3 is 15.0 Å². The molecule has 152 valence electrons. The summed E-state index contributed by atoms with van der Waals surface area (Å²) in [7, 11) is 0. The molecule has 0 bridgehead atoms. The Hall–Kier alpha value is -2.80. The maximum atomic E-state index is 12.8. The van der Waals surface area contributed by atoms with Gasteiger partial charge in [-0.05, 0) is 38.1 Å². The number of hydrogen-bond donors (Lipinski definition) is 1. The van der Waals surface area contributed by atoms with Gasteiger partial charge in [-0.3, -0.25) is 14.4 Å². The average Bonchev–Trinajstić information content (AvgIpc) is 2.82. The molecule has 2 aromatic rings. The molecule has 2 amide bonds. The van der Waals surface area contributed by atoms with Gasteiger partial charge in [0.1, 0.15) is 0 Å². The van der Waals surface area contributed by atoms with Crippen LogP contribution in [0.15, 0.2) is 53.4 Å². The van der Waals surface area contributed by atoms with E-state index in [4.69, 9.17) is 4.74 Å². The fourth-order valence-corrected chi connectivity index (χ4v) is 3.97. The summed E-state index contributed by atoms with van der Waals surface area (Å²) in [5.41, 5.74) is 2.38. The number of para-hydroxylation sites is 2. The number of ether oxygens (including phenoxy) is 1. The van der Waals surface area contributed by atoms with Crippen LogP contribution < -0.4 is 10.2 Å². The van der Waals surface area contributed by atoms with E-state index in [0.29, 0.717) is 17.1 Å². The van der Waals surface area contributed by atoms with Crippen molar-refractivity contribution < 1.29 is 19.1 Å². The number of aryl methyl sites for hydroxylation is 1. The Labute approximate surface area is 174 Å². The SMILES string of the molecule is Cc1ccc(SCCC(=O)OCC(=O)N2c3ccccc3NC(=O)C[C@H]2C)cc1. The number of thioether (sulfide) groups is 1. The molecule has 0 radical (unpaired) electrons. The van der Waals surface area contributed by atoms with Crippen molar-refractivity contribution in [2.75, 3.05) is 22.6 Å². The molecule has 1 aliphatic rings. The summed E-state index contributed by atoms with van der Waals surface area (Å²) in [5.74, 6) is -0.327. The summed E-state index contributed by atoms with van der Waals surface area (Å²) >= 11 is 1.57. The molecule has 1 aliphatic heterocycles. The molecule has 1 atom stereocenters. The Kier molecular flexibility index (Phi) is 6.93. The number of benzene rings is 2. The number of amides is 2. The standard InChI is InChI=1S/C22H24N2O4S/c1-15-7-9-17(10-8-15)29-12-11-22(27)28-14-21(26)24-16(2)13-20(25)23-18-5-3-4-6-19(18)24/h3-10,16H,11-14H2,1-2H3,(H,23,25)/t16-/m1/s1. The van der Waals surface area contributed by atoms with E-state index in [2.05, 4.69) is 5.32 Å². The van der Waals surface area contributed by atoms with Gasteiger partial charge in [0.2, 0.25) is 5.91 Å². The van der Waals surface area contributed by atoms with Crippen molar-refractivity contribution in [3.8, 4) is 0 Å². The zero-order valence-corrected chi connectivity index (χ0v) is 17.3. The summed E-state index contributed by atoms with van der Waals surface area (Å²) in [4.78, 5) is 39.4. The zero-order chi connectivity index (χ0) is 20.8. The highest BCUT2D eigenvalue weighted by Crippen LogP contribution is 2.31. The highest BCUT2D eigenvalue weighted by molar-refractivity contribution is 7.99. The summed E-state index contributed by atoms with van der Waals surface area (Å²) in [5, 5.41) is 2.81. The first-order valence-electron chi connectivity index (χ1n) is 9.50. The maximum absolute atomic E-state index is 12.8. The lowest BCUT2D eigenvalue weighted by Gasteiger charge is -2.27. The van der Waals surface area contributed by atoms with Crippen molar-refractivity contribution in [2.24, 2.45) is 0 Å². The van der Waals surface area contributed by atoms with Gasteiger partial charge in [-0.15, -0.1) is 11.8 Å². The van der Waals surface area contributed by atoms with Crippen LogP contribution in [0.5, 0.6) is 0 Å². The minimum atomic E-state index is -0.414. The van der Waals surface area contributed by atoms with E-state index in [0.717, 1.165) is 4.90 Å². The quantitative estimate of drug-likeness (QED) is 0.577. The molecule has 0 aromatic heterocycles. The Balaban J connectivity index is 1.53. The molecule has 0 saturated heterocycles. The van der Waals surface area contributed by atoms with Crippen LogP contribution in [0.25, 0.3) is 0 Å². The largest absolute Gasteiger partial charge is 0.456 e. The number of nitrogens with one attached hydrogen (secondary N) is 1. The van der Waals surface area contributed by atoms with E-state index in [-0.39, 0.29) is 37.3 Å². The zero-order valence-electron chi connectivity index (χ0n) is 16.5. The molecule has 0 spiro atoms. The van der Waals surface area contributed by atoms with Gasteiger partial charge in [0.15, 0.2) is 6.61 Å². The lowest BCUT2D eigenvalue weighted by Crippen LogP contribution is -2.41. The molecule has 3 rings (SSSR count). The second-order valence-corrected chi connectivity index (χ2v) is 8.12. The molecule has 7 heteroatoms. The molecule has 1 N–H and O–H groups in total. The van der Waals surface area contributed by atoms with Crippen molar-refractivity contribution in [3.05, 3.63) is 54.1 Å². The lowest BCUT2D eigenvalue weighted by atomic mass is 10.1. The number of carbonyl (C=O) groups is 3. The smallest absolute Gasteiger partial charge is 0.307 e. The lowest BCUT2D eigenvalue weighted by molar-refractivity contribution is -0.147. The van der Waals surface area contributed by atoms with Crippen LogP contribution in [0.1, 0.15) is 25.3 Å². The summed E-state index contributed by atoms with van der Waals surface area (Å²) in [6, 6.07) is 14.9. The predicted molar refractivity (Wildman–Crippen MR) is 114 cm³/mol. The second kappa shape index (κ2) is 9.60. The van der Waals surface area contributed by atoms with Crippen molar-refractivity contribution in [1.29, 1.82) is 0 Å². The molecule has 0 fully saturated rings. The number of nitrogens with zero attached hydrogens (tertiary/aromatic N) is 1. The van der Waals surface area contributed by atoms with E-state index in [1.165, 1.54) is 10.5 Å². The third-order valence-electron chi connectivity index (χ3n) is 4.58. The van der Waals surface area contributed by atoms with Crippen LogP contribution in [-0.4, -0.2) is 36.2 Å². The van der Waals surface area contributed by atoms with Gasteiger partial charge >= 0.3 is 5.97 Å². The van der Waals surface area contributed by atoms with Crippen LogP contribution >= 0.6 is 11.8 Å². The third kappa shape index (κ3) is 5.60. The highest BCUT2D eigenvalue weighted by Gasteiger charge is 2.29. The fraction of sp³-hybridized carbons (Fsp3) is 0.318. The predicted octanol–water partition coefficient (Wildman–Crippen LogP) is 3.78. The molecule has 29 heavy (non-hydrogen) atoms. The van der Waals surface area contributed by atoms with Gasteiger partial charge in [0, 0.05) is 23.1 Å². The number of carbonyl (C=O) groups excluding carboxylic acids is 3. The van der Waals surface area contributed by atoms with Crippen LogP contribution in [0.2, 0.25) is 0 Å². The summed E-state index contributed by atoms with van der Waals surface area (Å²) in [6.45, 7) is 3.48.